The number of sulfonamides is 1. The van der Waals surface area contributed by atoms with Crippen molar-refractivity contribution in [2.24, 2.45) is 0 Å². The molecule has 16 heavy (non-hydrogen) atoms. The summed E-state index contributed by atoms with van der Waals surface area (Å²) in [6.07, 6.45) is 0.756. The highest BCUT2D eigenvalue weighted by molar-refractivity contribution is 9.11. The third-order valence-corrected chi connectivity index (χ3v) is 6.31. The van der Waals surface area contributed by atoms with Crippen LogP contribution in [0.3, 0.4) is 0 Å². The second kappa shape index (κ2) is 5.14. The molecule has 2 rings (SSSR count). The van der Waals surface area contributed by atoms with Gasteiger partial charge in [0.15, 0.2) is 0 Å². The van der Waals surface area contributed by atoms with Crippen LogP contribution in [0, 0.1) is 0 Å². The lowest BCUT2D eigenvalue weighted by molar-refractivity contribution is 0.148. The minimum atomic E-state index is -3.32. The molecule has 0 bridgehead atoms. The Bertz CT molecular complexity index is 449. The van der Waals surface area contributed by atoms with E-state index in [1.54, 1.807) is 12.1 Å². The third kappa shape index (κ3) is 2.65. The summed E-state index contributed by atoms with van der Waals surface area (Å²) in [4.78, 5) is 0. The largest absolute Gasteiger partial charge is 0.380 e. The molecule has 0 atom stereocenters. The summed E-state index contributed by atoms with van der Waals surface area (Å²) in [6, 6.07) is 3.39. The van der Waals surface area contributed by atoms with Gasteiger partial charge < -0.3 is 4.74 Å². The van der Waals surface area contributed by atoms with Crippen molar-refractivity contribution in [2.45, 2.75) is 10.6 Å². The van der Waals surface area contributed by atoms with Gasteiger partial charge in [0.25, 0.3) is 10.0 Å². The van der Waals surface area contributed by atoms with Crippen molar-refractivity contribution < 1.29 is 13.2 Å². The maximum absolute atomic E-state index is 12.2. The molecule has 0 saturated carbocycles. The van der Waals surface area contributed by atoms with Crippen LogP contribution in [-0.4, -0.2) is 39.0 Å². The summed E-state index contributed by atoms with van der Waals surface area (Å²) in [5, 5.41) is 0. The van der Waals surface area contributed by atoms with Gasteiger partial charge in [-0.15, -0.1) is 11.3 Å². The van der Waals surface area contributed by atoms with E-state index in [1.165, 1.54) is 15.6 Å². The maximum Gasteiger partial charge on any atom is 0.252 e. The van der Waals surface area contributed by atoms with Gasteiger partial charge >= 0.3 is 0 Å². The van der Waals surface area contributed by atoms with E-state index >= 15 is 0 Å². The summed E-state index contributed by atoms with van der Waals surface area (Å²) in [5.41, 5.74) is 0. The van der Waals surface area contributed by atoms with Crippen molar-refractivity contribution >= 4 is 37.3 Å². The molecule has 1 aromatic heterocycles. The van der Waals surface area contributed by atoms with Gasteiger partial charge in [0.2, 0.25) is 0 Å². The zero-order valence-corrected chi connectivity index (χ0v) is 11.8. The molecule has 0 spiro atoms. The number of thiophene rings is 1. The fourth-order valence-electron chi connectivity index (χ4n) is 1.53. The van der Waals surface area contributed by atoms with Crippen molar-refractivity contribution in [1.29, 1.82) is 0 Å². The first kappa shape index (κ1) is 12.5. The Balaban J connectivity index is 2.23. The zero-order chi connectivity index (χ0) is 11.6. The Morgan fingerprint density at radius 2 is 2.12 bits per heavy atom. The maximum atomic E-state index is 12.2. The van der Waals surface area contributed by atoms with Crippen LogP contribution in [0.5, 0.6) is 0 Å². The van der Waals surface area contributed by atoms with Crippen LogP contribution in [0.1, 0.15) is 6.42 Å². The predicted octanol–water partition coefficient (Wildman–Crippen LogP) is 1.92. The Labute approximate surface area is 107 Å². The first-order valence-electron chi connectivity index (χ1n) is 4.94. The second-order valence-corrected chi connectivity index (χ2v) is 8.06. The Kier molecular flexibility index (Phi) is 4.01. The minimum absolute atomic E-state index is 0.390. The number of halogens is 1. The highest BCUT2D eigenvalue weighted by Gasteiger charge is 2.26. The van der Waals surface area contributed by atoms with E-state index in [0.717, 1.165) is 10.2 Å². The average molecular weight is 326 g/mol. The fourth-order valence-corrected chi connectivity index (χ4v) is 5.15. The molecule has 4 nitrogen and oxygen atoms in total. The molecule has 90 valence electrons. The molecule has 0 radical (unpaired) electrons. The first-order valence-corrected chi connectivity index (χ1v) is 7.99. The van der Waals surface area contributed by atoms with E-state index in [4.69, 9.17) is 4.74 Å². The van der Waals surface area contributed by atoms with E-state index in [1.807, 2.05) is 0 Å². The summed E-state index contributed by atoms with van der Waals surface area (Å²) < 4.78 is 32.4. The molecule has 2 heterocycles. The van der Waals surface area contributed by atoms with Crippen LogP contribution >= 0.6 is 27.3 Å². The lowest BCUT2D eigenvalue weighted by Crippen LogP contribution is -2.32. The molecular formula is C9H12BrNO3S2. The molecule has 1 aromatic rings. The zero-order valence-electron chi connectivity index (χ0n) is 8.56. The summed E-state index contributed by atoms with van der Waals surface area (Å²) in [7, 11) is -3.32. The van der Waals surface area contributed by atoms with Gasteiger partial charge in [0.05, 0.1) is 10.4 Å². The number of rotatable bonds is 2. The summed E-state index contributed by atoms with van der Waals surface area (Å²) in [5.74, 6) is 0. The molecule has 0 unspecified atom stereocenters. The van der Waals surface area contributed by atoms with Crippen LogP contribution in [0.25, 0.3) is 0 Å². The van der Waals surface area contributed by atoms with Crippen LogP contribution in [0.15, 0.2) is 20.1 Å². The molecule has 0 amide bonds. The standard InChI is InChI=1S/C9H12BrNO3S2/c10-8-2-3-9(15-8)16(12,13)11-4-1-6-14-7-5-11/h2-3H,1,4-7H2. The number of ether oxygens (including phenoxy) is 1. The third-order valence-electron chi connectivity index (χ3n) is 2.32. The van der Waals surface area contributed by atoms with Gasteiger partial charge in [-0.05, 0) is 34.5 Å². The lowest BCUT2D eigenvalue weighted by atomic mass is 10.5. The van der Waals surface area contributed by atoms with E-state index in [9.17, 15) is 8.42 Å². The molecule has 0 N–H and O–H groups in total. The Morgan fingerprint density at radius 1 is 1.31 bits per heavy atom. The molecule has 0 aromatic carbocycles. The van der Waals surface area contributed by atoms with Gasteiger partial charge in [-0.1, -0.05) is 0 Å². The van der Waals surface area contributed by atoms with E-state index in [0.29, 0.717) is 30.5 Å². The van der Waals surface area contributed by atoms with Gasteiger partial charge in [-0.25, -0.2) is 8.42 Å². The van der Waals surface area contributed by atoms with Gasteiger partial charge in [-0.2, -0.15) is 4.31 Å². The van der Waals surface area contributed by atoms with Crippen molar-refractivity contribution in [3.8, 4) is 0 Å². The minimum Gasteiger partial charge on any atom is -0.380 e. The molecular weight excluding hydrogens is 314 g/mol. The van der Waals surface area contributed by atoms with Crippen molar-refractivity contribution in [3.63, 3.8) is 0 Å². The van der Waals surface area contributed by atoms with E-state index in [2.05, 4.69) is 15.9 Å². The van der Waals surface area contributed by atoms with Crippen LogP contribution in [0.2, 0.25) is 0 Å². The predicted molar refractivity (Wildman–Crippen MR) is 66.2 cm³/mol. The highest BCUT2D eigenvalue weighted by Crippen LogP contribution is 2.28. The van der Waals surface area contributed by atoms with E-state index in [-0.39, 0.29) is 0 Å². The Morgan fingerprint density at radius 3 is 2.81 bits per heavy atom. The van der Waals surface area contributed by atoms with Crippen molar-refractivity contribution in [2.75, 3.05) is 26.3 Å². The molecule has 7 heteroatoms. The van der Waals surface area contributed by atoms with Crippen molar-refractivity contribution in [3.05, 3.63) is 15.9 Å². The van der Waals surface area contributed by atoms with Gasteiger partial charge in [0, 0.05) is 19.7 Å². The van der Waals surface area contributed by atoms with Crippen LogP contribution in [0.4, 0.5) is 0 Å². The fraction of sp³-hybridized carbons (Fsp3) is 0.556. The van der Waals surface area contributed by atoms with E-state index < -0.39 is 10.0 Å². The molecule has 1 aliphatic rings. The van der Waals surface area contributed by atoms with Gasteiger partial charge in [0.1, 0.15) is 4.21 Å². The molecule has 0 aliphatic carbocycles. The first-order chi connectivity index (χ1) is 7.60. The molecule has 1 saturated heterocycles. The van der Waals surface area contributed by atoms with Gasteiger partial charge in [-0.3, -0.25) is 0 Å². The quantitative estimate of drug-likeness (QED) is 0.834. The summed E-state index contributed by atoms with van der Waals surface area (Å²) in [6.45, 7) is 2.10. The Hall–Kier alpha value is 0.0500. The lowest BCUT2D eigenvalue weighted by Gasteiger charge is -2.17. The number of hydrogen-bond acceptors (Lipinski definition) is 4. The monoisotopic (exact) mass is 325 g/mol. The average Bonchev–Trinajstić information content (AvgIpc) is 2.54. The van der Waals surface area contributed by atoms with Crippen LogP contribution in [-0.2, 0) is 14.8 Å². The molecule has 1 aliphatic heterocycles. The number of nitrogens with zero attached hydrogens (tertiary/aromatic N) is 1. The topological polar surface area (TPSA) is 46.6 Å². The normalized spacial score (nSPS) is 19.6. The number of hydrogen-bond donors (Lipinski definition) is 0. The smallest absolute Gasteiger partial charge is 0.252 e. The molecule has 1 fully saturated rings. The summed E-state index contributed by atoms with van der Waals surface area (Å²) >= 11 is 4.52. The van der Waals surface area contributed by atoms with Crippen LogP contribution < -0.4 is 0 Å². The van der Waals surface area contributed by atoms with Crippen molar-refractivity contribution in [1.82, 2.24) is 4.31 Å². The highest BCUT2D eigenvalue weighted by atomic mass is 79.9. The second-order valence-electron chi connectivity index (χ2n) is 3.43. The SMILES string of the molecule is O=S(=O)(c1ccc(Br)s1)N1CCCOCC1.